The van der Waals surface area contributed by atoms with Crippen molar-refractivity contribution in [1.82, 2.24) is 5.32 Å². The lowest BCUT2D eigenvalue weighted by atomic mass is 10.1. The summed E-state index contributed by atoms with van der Waals surface area (Å²) >= 11 is 5.22. The minimum absolute atomic E-state index is 0.137. The highest BCUT2D eigenvalue weighted by Gasteiger charge is 2.30. The van der Waals surface area contributed by atoms with Crippen molar-refractivity contribution in [3.05, 3.63) is 83.9 Å². The number of anilines is 2. The van der Waals surface area contributed by atoms with Crippen LogP contribution in [0.4, 0.5) is 11.4 Å². The quantitative estimate of drug-likeness (QED) is 0.524. The zero-order valence-corrected chi connectivity index (χ0v) is 19.6. The molecule has 0 saturated heterocycles. The summed E-state index contributed by atoms with van der Waals surface area (Å²) in [6.07, 6.45) is 0.861. The fraction of sp³-hybridized carbons (Fsp3) is 0.167. The van der Waals surface area contributed by atoms with E-state index in [4.69, 9.17) is 17.0 Å². The van der Waals surface area contributed by atoms with E-state index in [0.29, 0.717) is 18.7 Å². The third kappa shape index (κ3) is 5.15. The number of carbonyl (C=O) groups excluding carboxylic acids is 1. The summed E-state index contributed by atoms with van der Waals surface area (Å²) in [5.41, 5.74) is 3.15. The Morgan fingerprint density at radius 2 is 1.73 bits per heavy atom. The predicted molar refractivity (Wildman–Crippen MR) is 132 cm³/mol. The van der Waals surface area contributed by atoms with Crippen LogP contribution in [-0.4, -0.2) is 33.1 Å². The van der Waals surface area contributed by atoms with Gasteiger partial charge in [-0.25, -0.2) is 8.42 Å². The van der Waals surface area contributed by atoms with Crippen molar-refractivity contribution < 1.29 is 17.9 Å². The van der Waals surface area contributed by atoms with Crippen LogP contribution in [0.1, 0.15) is 11.1 Å². The zero-order valence-electron chi connectivity index (χ0n) is 17.9. The fourth-order valence-electron chi connectivity index (χ4n) is 3.66. The van der Waals surface area contributed by atoms with Gasteiger partial charge in [0.1, 0.15) is 5.75 Å². The summed E-state index contributed by atoms with van der Waals surface area (Å²) in [4.78, 5) is 12.4. The Kier molecular flexibility index (Phi) is 6.62. The zero-order chi connectivity index (χ0) is 23.4. The maximum Gasteiger partial charge on any atom is 0.264 e. The SMILES string of the molecule is COc1ccc(CC(=O)NC(=S)Nc2ccc(S(=O)(=O)N3CCc4ccccc43)cc2)cc1. The predicted octanol–water partition coefficient (Wildman–Crippen LogP) is 3.50. The summed E-state index contributed by atoms with van der Waals surface area (Å²) < 4.78 is 32.8. The van der Waals surface area contributed by atoms with Crippen molar-refractivity contribution in [1.29, 1.82) is 0 Å². The van der Waals surface area contributed by atoms with Gasteiger partial charge in [-0.1, -0.05) is 30.3 Å². The average Bonchev–Trinajstić information content (AvgIpc) is 3.25. The lowest BCUT2D eigenvalue weighted by molar-refractivity contribution is -0.119. The molecule has 1 aliphatic rings. The van der Waals surface area contributed by atoms with Gasteiger partial charge in [-0.2, -0.15) is 0 Å². The van der Waals surface area contributed by atoms with Gasteiger partial charge in [0.15, 0.2) is 5.11 Å². The minimum atomic E-state index is -3.66. The molecule has 1 aliphatic heterocycles. The molecular formula is C24H23N3O4S2. The van der Waals surface area contributed by atoms with E-state index >= 15 is 0 Å². The first-order valence-electron chi connectivity index (χ1n) is 10.3. The van der Waals surface area contributed by atoms with E-state index in [1.165, 1.54) is 16.4 Å². The van der Waals surface area contributed by atoms with Gasteiger partial charge in [0, 0.05) is 12.2 Å². The van der Waals surface area contributed by atoms with Gasteiger partial charge >= 0.3 is 0 Å². The second-order valence-electron chi connectivity index (χ2n) is 7.51. The Morgan fingerprint density at radius 1 is 1.03 bits per heavy atom. The molecule has 1 amide bonds. The molecule has 0 spiro atoms. The van der Waals surface area contributed by atoms with Crippen LogP contribution < -0.4 is 19.7 Å². The Hall–Kier alpha value is -3.43. The number of fused-ring (bicyclic) bond motifs is 1. The summed E-state index contributed by atoms with van der Waals surface area (Å²) in [6.45, 7) is 0.423. The largest absolute Gasteiger partial charge is 0.497 e. The van der Waals surface area contributed by atoms with E-state index in [-0.39, 0.29) is 22.3 Å². The Bertz CT molecular complexity index is 1270. The number of benzene rings is 3. The van der Waals surface area contributed by atoms with Crippen molar-refractivity contribution in [2.24, 2.45) is 0 Å². The van der Waals surface area contributed by atoms with Crippen LogP contribution in [0, 0.1) is 0 Å². The molecule has 3 aromatic carbocycles. The van der Waals surface area contributed by atoms with Crippen LogP contribution >= 0.6 is 12.2 Å². The van der Waals surface area contributed by atoms with Crippen LogP contribution in [0.25, 0.3) is 0 Å². The van der Waals surface area contributed by atoms with Crippen molar-refractivity contribution in [3.63, 3.8) is 0 Å². The Morgan fingerprint density at radius 3 is 2.42 bits per heavy atom. The molecule has 0 aromatic heterocycles. The maximum absolute atomic E-state index is 13.1. The number of sulfonamides is 1. The molecule has 0 radical (unpaired) electrons. The molecule has 9 heteroatoms. The summed E-state index contributed by atoms with van der Waals surface area (Å²) in [5.74, 6) is 0.459. The first-order valence-corrected chi connectivity index (χ1v) is 12.2. The van der Waals surface area contributed by atoms with Crippen molar-refractivity contribution in [2.75, 3.05) is 23.3 Å². The number of thiocarbonyl (C=S) groups is 1. The lowest BCUT2D eigenvalue weighted by Crippen LogP contribution is -2.35. The number of rotatable bonds is 6. The molecule has 0 aliphatic carbocycles. The number of hydrogen-bond acceptors (Lipinski definition) is 5. The molecule has 33 heavy (non-hydrogen) atoms. The van der Waals surface area contributed by atoms with Crippen molar-refractivity contribution >= 4 is 44.6 Å². The van der Waals surface area contributed by atoms with Gasteiger partial charge in [-0.15, -0.1) is 0 Å². The van der Waals surface area contributed by atoms with E-state index in [9.17, 15) is 13.2 Å². The summed E-state index contributed by atoms with van der Waals surface area (Å²) in [5, 5.41) is 5.68. The summed E-state index contributed by atoms with van der Waals surface area (Å²) in [6, 6.07) is 21.0. The van der Waals surface area contributed by atoms with Crippen LogP contribution in [0.3, 0.4) is 0 Å². The topological polar surface area (TPSA) is 87.7 Å². The first kappa shape index (κ1) is 22.8. The molecule has 0 atom stereocenters. The van der Waals surface area contributed by atoms with Gasteiger partial charge in [-0.05, 0) is 72.2 Å². The van der Waals surface area contributed by atoms with Crippen LogP contribution in [0.2, 0.25) is 0 Å². The van der Waals surface area contributed by atoms with Crippen molar-refractivity contribution in [2.45, 2.75) is 17.7 Å². The Balaban J connectivity index is 1.36. The van der Waals surface area contributed by atoms with Crippen LogP contribution in [-0.2, 0) is 27.7 Å². The normalized spacial score (nSPS) is 12.7. The van der Waals surface area contributed by atoms with Gasteiger partial charge in [0.2, 0.25) is 5.91 Å². The van der Waals surface area contributed by atoms with Crippen molar-refractivity contribution in [3.8, 4) is 5.75 Å². The number of nitrogens with one attached hydrogen (secondary N) is 2. The molecule has 0 fully saturated rings. The molecule has 0 unspecified atom stereocenters. The molecule has 0 bridgehead atoms. The van der Waals surface area contributed by atoms with E-state index in [2.05, 4.69) is 10.6 Å². The molecule has 4 rings (SSSR count). The monoisotopic (exact) mass is 481 g/mol. The number of carbonyl (C=O) groups is 1. The van der Waals surface area contributed by atoms with Crippen LogP contribution in [0.5, 0.6) is 5.75 Å². The van der Waals surface area contributed by atoms with E-state index < -0.39 is 10.0 Å². The number of amides is 1. The fourth-order valence-corrected chi connectivity index (χ4v) is 5.39. The molecular weight excluding hydrogens is 458 g/mol. The van der Waals surface area contributed by atoms with Gasteiger partial charge < -0.3 is 15.4 Å². The van der Waals surface area contributed by atoms with Crippen LogP contribution in [0.15, 0.2) is 77.7 Å². The van der Waals surface area contributed by atoms with Gasteiger partial charge in [0.05, 0.1) is 24.1 Å². The van der Waals surface area contributed by atoms with E-state index in [0.717, 1.165) is 22.6 Å². The molecule has 3 aromatic rings. The Labute approximate surface area is 198 Å². The van der Waals surface area contributed by atoms with Gasteiger partial charge in [-0.3, -0.25) is 9.10 Å². The number of ether oxygens (including phenoxy) is 1. The van der Waals surface area contributed by atoms with E-state index in [1.54, 1.807) is 31.4 Å². The molecule has 1 heterocycles. The highest BCUT2D eigenvalue weighted by molar-refractivity contribution is 7.92. The number of para-hydroxylation sites is 1. The minimum Gasteiger partial charge on any atom is -0.497 e. The van der Waals surface area contributed by atoms with E-state index in [1.807, 2.05) is 36.4 Å². The lowest BCUT2D eigenvalue weighted by Gasteiger charge is -2.19. The molecule has 170 valence electrons. The molecule has 2 N–H and O–H groups in total. The highest BCUT2D eigenvalue weighted by atomic mass is 32.2. The maximum atomic E-state index is 13.1. The smallest absolute Gasteiger partial charge is 0.264 e. The third-order valence-corrected chi connectivity index (χ3v) is 7.35. The standard InChI is InChI=1S/C24H23N3O4S2/c1-31-20-10-6-17(7-11-20)16-23(28)26-24(32)25-19-8-12-21(13-9-19)33(29,30)27-15-14-18-4-2-3-5-22(18)27/h2-13H,14-16H2,1H3,(H2,25,26,28,32). The average molecular weight is 482 g/mol. The molecule has 0 saturated carbocycles. The second kappa shape index (κ2) is 9.60. The molecule has 7 nitrogen and oxygen atoms in total. The number of methoxy groups -OCH3 is 1. The number of hydrogen-bond donors (Lipinski definition) is 2. The third-order valence-electron chi connectivity index (χ3n) is 5.32. The second-order valence-corrected chi connectivity index (χ2v) is 9.78. The van der Waals surface area contributed by atoms with Gasteiger partial charge in [0.25, 0.3) is 10.0 Å². The summed E-state index contributed by atoms with van der Waals surface area (Å²) in [7, 11) is -2.08. The number of nitrogens with zero attached hydrogens (tertiary/aromatic N) is 1. The highest BCUT2D eigenvalue weighted by Crippen LogP contribution is 2.32. The first-order chi connectivity index (χ1) is 15.9.